The van der Waals surface area contributed by atoms with Gasteiger partial charge >= 0.3 is 0 Å². The number of hydrogen-bond donors (Lipinski definition) is 0. The summed E-state index contributed by atoms with van der Waals surface area (Å²) in [6.07, 6.45) is 5.03. The molecule has 0 saturated heterocycles. The van der Waals surface area contributed by atoms with Crippen LogP contribution >= 0.6 is 27.7 Å². The van der Waals surface area contributed by atoms with Gasteiger partial charge in [-0.05, 0) is 38.3 Å². The monoisotopic (exact) mass is 435 g/mol. The summed E-state index contributed by atoms with van der Waals surface area (Å²) >= 11 is 5.12. The maximum Gasteiger partial charge on any atom is 0.233 e. The second kappa shape index (κ2) is 8.61. The summed E-state index contributed by atoms with van der Waals surface area (Å²) < 4.78 is 3.41. The first-order valence-electron chi connectivity index (χ1n) is 9.13. The second-order valence-electron chi connectivity index (χ2n) is 7.00. The second-order valence-corrected chi connectivity index (χ2v) is 8.80. The lowest BCUT2D eigenvalue weighted by Crippen LogP contribution is -2.28. The third-order valence-corrected chi connectivity index (χ3v) is 6.87. The van der Waals surface area contributed by atoms with Crippen LogP contribution in [0.1, 0.15) is 48.7 Å². The fourth-order valence-electron chi connectivity index (χ4n) is 3.50. The minimum absolute atomic E-state index is 0.127. The van der Waals surface area contributed by atoms with Gasteiger partial charge in [0.2, 0.25) is 5.91 Å². The average molecular weight is 436 g/mol. The quantitative estimate of drug-likeness (QED) is 0.590. The molecule has 0 radical (unpaired) electrons. The smallest absolute Gasteiger partial charge is 0.233 e. The number of imidazole rings is 1. The first kappa shape index (κ1) is 19.5. The van der Waals surface area contributed by atoms with Crippen molar-refractivity contribution in [2.75, 3.05) is 12.8 Å². The summed E-state index contributed by atoms with van der Waals surface area (Å²) in [7, 11) is 1.86. The Hall–Kier alpha value is -1.27. The first-order chi connectivity index (χ1) is 12.5. The minimum Gasteiger partial charge on any atom is -0.341 e. The largest absolute Gasteiger partial charge is 0.341 e. The van der Waals surface area contributed by atoms with Crippen molar-refractivity contribution in [2.45, 2.75) is 57.3 Å². The lowest BCUT2D eigenvalue weighted by atomic mass is 10.2. The number of rotatable bonds is 6. The number of amides is 1. The van der Waals surface area contributed by atoms with Crippen molar-refractivity contribution in [1.82, 2.24) is 14.5 Å². The molecule has 1 aromatic heterocycles. The van der Waals surface area contributed by atoms with E-state index in [4.69, 9.17) is 4.98 Å². The molecule has 0 spiro atoms. The fourth-order valence-corrected chi connectivity index (χ4v) is 5.01. The third kappa shape index (κ3) is 4.34. The van der Waals surface area contributed by atoms with Crippen LogP contribution in [0, 0.1) is 13.8 Å². The van der Waals surface area contributed by atoms with Crippen LogP contribution < -0.4 is 0 Å². The normalized spacial score (nSPS) is 14.8. The third-order valence-electron chi connectivity index (χ3n) is 5.16. The van der Waals surface area contributed by atoms with Gasteiger partial charge in [-0.1, -0.05) is 58.7 Å². The van der Waals surface area contributed by atoms with Gasteiger partial charge in [0.25, 0.3) is 0 Å². The van der Waals surface area contributed by atoms with Crippen molar-refractivity contribution in [1.29, 1.82) is 0 Å². The van der Waals surface area contributed by atoms with Gasteiger partial charge in [0.05, 0.1) is 11.4 Å². The first-order valence-corrected chi connectivity index (χ1v) is 10.9. The zero-order valence-electron chi connectivity index (χ0n) is 15.7. The zero-order chi connectivity index (χ0) is 18.7. The van der Waals surface area contributed by atoms with Crippen LogP contribution in [-0.4, -0.2) is 33.2 Å². The lowest BCUT2D eigenvalue weighted by Gasteiger charge is -2.19. The number of aryl methyl sites for hydroxylation is 1. The Morgan fingerprint density at radius 2 is 2.00 bits per heavy atom. The summed E-state index contributed by atoms with van der Waals surface area (Å²) in [5.74, 6) is 0.547. The summed E-state index contributed by atoms with van der Waals surface area (Å²) in [5.41, 5.74) is 3.44. The number of benzene rings is 1. The minimum atomic E-state index is 0.127. The Morgan fingerprint density at radius 1 is 1.31 bits per heavy atom. The van der Waals surface area contributed by atoms with Gasteiger partial charge in [0.1, 0.15) is 0 Å². The SMILES string of the molecule is Cc1nc(SCC(=O)N(C)Cc2ccccc2Br)n(C2CCCC2)c1C. The van der Waals surface area contributed by atoms with E-state index in [1.54, 1.807) is 16.7 Å². The van der Waals surface area contributed by atoms with Crippen LogP contribution in [0.4, 0.5) is 0 Å². The van der Waals surface area contributed by atoms with Crippen LogP contribution in [-0.2, 0) is 11.3 Å². The molecule has 26 heavy (non-hydrogen) atoms. The molecule has 0 N–H and O–H groups in total. The van der Waals surface area contributed by atoms with E-state index in [1.807, 2.05) is 31.3 Å². The van der Waals surface area contributed by atoms with Crippen molar-refractivity contribution in [2.24, 2.45) is 0 Å². The predicted octanol–water partition coefficient (Wildman–Crippen LogP) is 5.13. The van der Waals surface area contributed by atoms with E-state index >= 15 is 0 Å². The molecular weight excluding hydrogens is 410 g/mol. The molecule has 1 saturated carbocycles. The predicted molar refractivity (Wildman–Crippen MR) is 111 cm³/mol. The van der Waals surface area contributed by atoms with Crippen LogP contribution in [0.25, 0.3) is 0 Å². The lowest BCUT2D eigenvalue weighted by molar-refractivity contribution is -0.127. The number of nitrogens with zero attached hydrogens (tertiary/aromatic N) is 3. The molecule has 0 unspecified atom stereocenters. The van der Waals surface area contributed by atoms with E-state index < -0.39 is 0 Å². The molecule has 1 aliphatic carbocycles. The van der Waals surface area contributed by atoms with Gasteiger partial charge < -0.3 is 9.47 Å². The van der Waals surface area contributed by atoms with Gasteiger partial charge in [0.15, 0.2) is 5.16 Å². The highest BCUT2D eigenvalue weighted by Gasteiger charge is 2.24. The number of carbonyl (C=O) groups excluding carboxylic acids is 1. The Morgan fingerprint density at radius 3 is 2.69 bits per heavy atom. The topological polar surface area (TPSA) is 38.1 Å². The number of halogens is 1. The number of hydrogen-bond acceptors (Lipinski definition) is 3. The summed E-state index contributed by atoms with van der Waals surface area (Å²) in [5, 5.41) is 0.995. The van der Waals surface area contributed by atoms with Crippen LogP contribution in [0.15, 0.2) is 33.9 Å². The Labute approximate surface area is 168 Å². The molecule has 0 bridgehead atoms. The highest BCUT2D eigenvalue weighted by atomic mass is 79.9. The molecule has 0 atom stereocenters. The maximum absolute atomic E-state index is 12.6. The molecule has 6 heteroatoms. The van der Waals surface area contributed by atoms with Crippen molar-refractivity contribution in [3.8, 4) is 0 Å². The number of aromatic nitrogens is 2. The summed E-state index contributed by atoms with van der Waals surface area (Å²) in [6, 6.07) is 8.58. The van der Waals surface area contributed by atoms with Gasteiger partial charge in [-0.2, -0.15) is 0 Å². The van der Waals surface area contributed by atoms with Gasteiger partial charge in [-0.15, -0.1) is 0 Å². The number of thioether (sulfide) groups is 1. The van der Waals surface area contributed by atoms with E-state index in [0.717, 1.165) is 20.9 Å². The van der Waals surface area contributed by atoms with Gasteiger partial charge in [0, 0.05) is 29.8 Å². The molecule has 1 aromatic carbocycles. The van der Waals surface area contributed by atoms with E-state index in [0.29, 0.717) is 18.3 Å². The molecular formula is C20H26BrN3OS. The van der Waals surface area contributed by atoms with Crippen LogP contribution in [0.3, 0.4) is 0 Å². The molecule has 1 amide bonds. The average Bonchev–Trinajstić information content (AvgIpc) is 3.23. The molecule has 4 nitrogen and oxygen atoms in total. The van der Waals surface area contributed by atoms with Crippen molar-refractivity contribution in [3.63, 3.8) is 0 Å². The summed E-state index contributed by atoms with van der Waals surface area (Å²) in [4.78, 5) is 19.1. The molecule has 1 aliphatic rings. The maximum atomic E-state index is 12.6. The van der Waals surface area contributed by atoms with Gasteiger partial charge in [-0.25, -0.2) is 4.98 Å². The van der Waals surface area contributed by atoms with E-state index in [-0.39, 0.29) is 5.91 Å². The molecule has 3 rings (SSSR count). The molecule has 140 valence electrons. The van der Waals surface area contributed by atoms with Crippen molar-refractivity contribution < 1.29 is 4.79 Å². The molecule has 1 fully saturated rings. The van der Waals surface area contributed by atoms with Gasteiger partial charge in [-0.3, -0.25) is 4.79 Å². The Kier molecular flexibility index (Phi) is 6.46. The highest BCUT2D eigenvalue weighted by molar-refractivity contribution is 9.10. The van der Waals surface area contributed by atoms with Crippen LogP contribution in [0.2, 0.25) is 0 Å². The Bertz CT molecular complexity index is 783. The molecule has 0 aliphatic heterocycles. The standard InChI is InChI=1S/C20H26BrN3OS/c1-14-15(2)24(17-9-5-6-10-17)20(22-14)26-13-19(25)23(3)12-16-8-4-7-11-18(16)21/h4,7-8,11,17H,5-6,9-10,12-13H2,1-3H3. The molecule has 2 aromatic rings. The summed E-state index contributed by atoms with van der Waals surface area (Å²) in [6.45, 7) is 4.81. The van der Waals surface area contributed by atoms with E-state index in [9.17, 15) is 4.79 Å². The fraction of sp³-hybridized carbons (Fsp3) is 0.500. The molecule has 1 heterocycles. The van der Waals surface area contributed by atoms with E-state index in [1.165, 1.54) is 31.4 Å². The van der Waals surface area contributed by atoms with Crippen molar-refractivity contribution in [3.05, 3.63) is 45.7 Å². The zero-order valence-corrected chi connectivity index (χ0v) is 18.1. The Balaban J connectivity index is 1.64. The van der Waals surface area contributed by atoms with Crippen LogP contribution in [0.5, 0.6) is 0 Å². The highest BCUT2D eigenvalue weighted by Crippen LogP contribution is 2.35. The number of carbonyl (C=O) groups is 1. The van der Waals surface area contributed by atoms with Crippen molar-refractivity contribution >= 4 is 33.6 Å². The van der Waals surface area contributed by atoms with E-state index in [2.05, 4.69) is 34.3 Å².